The molecular weight excluding hydrogens is 522 g/mol. The van der Waals surface area contributed by atoms with Crippen molar-refractivity contribution in [3.63, 3.8) is 0 Å². The Labute approximate surface area is 241 Å². The van der Waals surface area contributed by atoms with E-state index in [4.69, 9.17) is 0 Å². The molecule has 1 aromatic rings. The van der Waals surface area contributed by atoms with Crippen molar-refractivity contribution in [1.82, 2.24) is 5.32 Å². The Balaban J connectivity index is 1.18. The van der Waals surface area contributed by atoms with E-state index in [1.807, 2.05) is 30.3 Å². The lowest BCUT2D eigenvalue weighted by Gasteiger charge is -2.61. The molecular formula is C33H51NO5S. The molecule has 7 heteroatoms. The van der Waals surface area contributed by atoms with Crippen molar-refractivity contribution in [1.29, 1.82) is 0 Å². The van der Waals surface area contributed by atoms with E-state index in [1.54, 1.807) is 0 Å². The van der Waals surface area contributed by atoms with E-state index in [2.05, 4.69) is 26.1 Å². The van der Waals surface area contributed by atoms with Crippen molar-refractivity contribution in [2.24, 2.45) is 46.3 Å². The van der Waals surface area contributed by atoms with Crippen LogP contribution in [0, 0.1) is 46.3 Å². The van der Waals surface area contributed by atoms with Gasteiger partial charge in [0.2, 0.25) is 5.91 Å². The highest BCUT2D eigenvalue weighted by molar-refractivity contribution is 7.85. The average molecular weight is 574 g/mol. The summed E-state index contributed by atoms with van der Waals surface area (Å²) in [5.41, 5.74) is 1.65. The Morgan fingerprint density at radius 2 is 1.70 bits per heavy atom. The highest BCUT2D eigenvalue weighted by atomic mass is 32.2. The summed E-state index contributed by atoms with van der Waals surface area (Å²) in [4.78, 5) is 13.0. The van der Waals surface area contributed by atoms with Gasteiger partial charge in [0.25, 0.3) is 10.1 Å². The molecule has 10 unspecified atom stereocenters. The molecule has 10 atom stereocenters. The van der Waals surface area contributed by atoms with Gasteiger partial charge in [-0.25, -0.2) is 0 Å². The number of amides is 1. The van der Waals surface area contributed by atoms with Crippen LogP contribution in [-0.2, 0) is 21.3 Å². The van der Waals surface area contributed by atoms with E-state index in [-0.39, 0.29) is 12.0 Å². The minimum absolute atomic E-state index is 0.0981. The molecule has 4 fully saturated rings. The quantitative estimate of drug-likeness (QED) is 0.313. The van der Waals surface area contributed by atoms with Crippen molar-refractivity contribution in [2.45, 2.75) is 110 Å². The number of benzene rings is 1. The second-order valence-corrected chi connectivity index (χ2v) is 16.0. The monoisotopic (exact) mass is 573 g/mol. The number of carbonyl (C=O) groups excluding carboxylic acids is 1. The maximum atomic E-state index is 13.0. The van der Waals surface area contributed by atoms with Crippen LogP contribution in [-0.4, -0.2) is 41.9 Å². The Kier molecular flexibility index (Phi) is 8.77. The molecule has 0 aliphatic heterocycles. The van der Waals surface area contributed by atoms with E-state index >= 15 is 0 Å². The fourth-order valence-electron chi connectivity index (χ4n) is 10.4. The summed E-state index contributed by atoms with van der Waals surface area (Å²) in [5, 5.41) is 13.2. The van der Waals surface area contributed by atoms with Crippen molar-refractivity contribution in [3.8, 4) is 0 Å². The normalized spacial score (nSPS) is 38.9. The second-order valence-electron chi connectivity index (χ2n) is 14.5. The third-order valence-electron chi connectivity index (χ3n) is 12.3. The molecule has 4 aliphatic carbocycles. The molecule has 40 heavy (non-hydrogen) atoms. The Morgan fingerprint density at radius 1 is 1.00 bits per heavy atom. The minimum Gasteiger partial charge on any atom is -0.393 e. The van der Waals surface area contributed by atoms with Crippen molar-refractivity contribution < 1.29 is 22.9 Å². The average Bonchev–Trinajstić information content (AvgIpc) is 3.24. The number of fused-ring (bicyclic) bond motifs is 5. The maximum absolute atomic E-state index is 13.0. The van der Waals surface area contributed by atoms with Crippen molar-refractivity contribution in [2.75, 3.05) is 5.75 Å². The summed E-state index contributed by atoms with van der Waals surface area (Å²) in [7, 11) is -4.21. The number of hydrogen-bond donors (Lipinski definition) is 3. The van der Waals surface area contributed by atoms with Gasteiger partial charge in [-0.3, -0.25) is 9.35 Å². The molecule has 0 bridgehead atoms. The van der Waals surface area contributed by atoms with E-state index in [9.17, 15) is 22.9 Å². The Morgan fingerprint density at radius 3 is 2.42 bits per heavy atom. The third kappa shape index (κ3) is 6.17. The molecule has 5 rings (SSSR count). The summed E-state index contributed by atoms with van der Waals surface area (Å²) >= 11 is 0. The first-order valence-corrected chi connectivity index (χ1v) is 17.5. The predicted octanol–water partition coefficient (Wildman–Crippen LogP) is 6.04. The zero-order valence-electron chi connectivity index (χ0n) is 24.7. The van der Waals surface area contributed by atoms with E-state index in [0.29, 0.717) is 41.4 Å². The van der Waals surface area contributed by atoms with Crippen LogP contribution >= 0.6 is 0 Å². The molecule has 0 heterocycles. The van der Waals surface area contributed by atoms with Crippen LogP contribution in [0.4, 0.5) is 0 Å². The van der Waals surface area contributed by atoms with Crippen LogP contribution < -0.4 is 5.32 Å². The number of hydrogen-bond acceptors (Lipinski definition) is 4. The van der Waals surface area contributed by atoms with Gasteiger partial charge in [-0.2, -0.15) is 8.42 Å². The van der Waals surface area contributed by atoms with Crippen molar-refractivity contribution in [3.05, 3.63) is 35.9 Å². The molecule has 0 aromatic heterocycles. The van der Waals surface area contributed by atoms with Gasteiger partial charge < -0.3 is 10.4 Å². The topological polar surface area (TPSA) is 104 Å². The molecule has 224 valence electrons. The first-order chi connectivity index (χ1) is 18.9. The lowest BCUT2D eigenvalue weighted by atomic mass is 9.44. The standard InChI is InChI=1S/C33H51NO5S/c1-22(9-14-31(36)34-25(21-40(37,38)39)19-23-7-5-4-6-8-23)28-12-13-29-27-11-10-24-20-26(35)15-17-32(24,2)30(27)16-18-33(28,29)3/h4-8,22,24-30,35H,9-21H2,1-3H3,(H,34,36)(H,37,38,39). The smallest absolute Gasteiger partial charge is 0.266 e. The van der Waals surface area contributed by atoms with Gasteiger partial charge in [0, 0.05) is 12.5 Å². The van der Waals surface area contributed by atoms with Gasteiger partial charge in [-0.1, -0.05) is 51.1 Å². The SMILES string of the molecule is CC(CCC(=O)NC(Cc1ccccc1)CS(=O)(=O)O)C1CCC2C3CCC4CC(O)CCC4(C)C3CCC12C. The Hall–Kier alpha value is -1.44. The molecule has 4 saturated carbocycles. The zero-order chi connectivity index (χ0) is 28.7. The summed E-state index contributed by atoms with van der Waals surface area (Å²) in [5.74, 6) is 3.48. The first kappa shape index (κ1) is 30.0. The zero-order valence-corrected chi connectivity index (χ0v) is 25.5. The van der Waals surface area contributed by atoms with Gasteiger partial charge in [0.15, 0.2) is 0 Å². The van der Waals surface area contributed by atoms with Gasteiger partial charge in [-0.15, -0.1) is 0 Å². The number of nitrogens with one attached hydrogen (secondary N) is 1. The summed E-state index contributed by atoms with van der Waals surface area (Å²) in [6.45, 7) is 7.41. The molecule has 0 saturated heterocycles. The summed E-state index contributed by atoms with van der Waals surface area (Å²) in [6, 6.07) is 8.83. The third-order valence-corrected chi connectivity index (χ3v) is 13.2. The van der Waals surface area contributed by atoms with Gasteiger partial charge >= 0.3 is 0 Å². The van der Waals surface area contributed by atoms with Gasteiger partial charge in [-0.05, 0) is 123 Å². The van der Waals surface area contributed by atoms with Crippen molar-refractivity contribution >= 4 is 16.0 Å². The van der Waals surface area contributed by atoms with Crippen LogP contribution in [0.25, 0.3) is 0 Å². The van der Waals surface area contributed by atoms with E-state index in [0.717, 1.165) is 42.6 Å². The largest absolute Gasteiger partial charge is 0.393 e. The Bertz CT molecular complexity index is 1140. The van der Waals surface area contributed by atoms with Crippen LogP contribution in [0.3, 0.4) is 0 Å². The molecule has 3 N–H and O–H groups in total. The molecule has 0 radical (unpaired) electrons. The highest BCUT2D eigenvalue weighted by Gasteiger charge is 2.60. The van der Waals surface area contributed by atoms with Crippen LogP contribution in [0.5, 0.6) is 0 Å². The summed E-state index contributed by atoms with van der Waals surface area (Å²) in [6.07, 6.45) is 12.3. The van der Waals surface area contributed by atoms with Crippen LogP contribution in [0.1, 0.15) is 97.0 Å². The predicted molar refractivity (Wildman–Crippen MR) is 158 cm³/mol. The fraction of sp³-hybridized carbons (Fsp3) is 0.788. The second kappa shape index (κ2) is 11.7. The number of carbonyl (C=O) groups is 1. The lowest BCUT2D eigenvalue weighted by molar-refractivity contribution is -0.130. The molecule has 0 spiro atoms. The molecule has 4 aliphatic rings. The molecule has 1 aromatic carbocycles. The van der Waals surface area contributed by atoms with Crippen LogP contribution in [0.15, 0.2) is 30.3 Å². The summed E-state index contributed by atoms with van der Waals surface area (Å²) < 4.78 is 32.7. The van der Waals surface area contributed by atoms with Gasteiger partial charge in [0.05, 0.1) is 11.9 Å². The highest BCUT2D eigenvalue weighted by Crippen LogP contribution is 2.68. The van der Waals surface area contributed by atoms with Crippen LogP contribution in [0.2, 0.25) is 0 Å². The minimum atomic E-state index is -4.21. The van der Waals surface area contributed by atoms with E-state index in [1.165, 1.54) is 44.9 Å². The number of aliphatic hydroxyl groups is 1. The van der Waals surface area contributed by atoms with E-state index < -0.39 is 21.9 Å². The maximum Gasteiger partial charge on any atom is 0.266 e. The first-order valence-electron chi connectivity index (χ1n) is 15.9. The molecule has 6 nitrogen and oxygen atoms in total. The molecule has 1 amide bonds. The van der Waals surface area contributed by atoms with Gasteiger partial charge in [0.1, 0.15) is 0 Å². The lowest BCUT2D eigenvalue weighted by Crippen LogP contribution is -2.54. The number of aliphatic hydroxyl groups excluding tert-OH is 1. The fourth-order valence-corrected chi connectivity index (χ4v) is 11.1. The number of rotatable bonds is 9.